The molecule has 13 heteroatoms. The van der Waals surface area contributed by atoms with Crippen LogP contribution in [0.2, 0.25) is 0 Å². The second-order valence-electron chi connectivity index (χ2n) is 8.52. The van der Waals surface area contributed by atoms with Gasteiger partial charge in [-0.15, -0.1) is 0 Å². The highest BCUT2D eigenvalue weighted by Gasteiger charge is 2.61. The van der Waals surface area contributed by atoms with Gasteiger partial charge in [-0.25, -0.2) is 14.4 Å². The number of carbonyl (C=O) groups is 3. The predicted octanol–water partition coefficient (Wildman–Crippen LogP) is 0.350. The molecule has 0 bridgehead atoms. The second-order valence-corrected chi connectivity index (χ2v) is 8.52. The van der Waals surface area contributed by atoms with Crippen molar-refractivity contribution in [2.75, 3.05) is 0 Å². The number of ether oxygens (including phenoxy) is 2. The molecule has 8 N–H and O–H groups in total. The van der Waals surface area contributed by atoms with Crippen LogP contribution < -0.4 is 0 Å². The molecule has 13 nitrogen and oxygen atoms in total. The monoisotopic (exact) mass is 532 g/mol. The summed E-state index contributed by atoms with van der Waals surface area (Å²) in [4.78, 5) is 36.4. The van der Waals surface area contributed by atoms with Crippen molar-refractivity contribution in [1.82, 2.24) is 0 Å². The summed E-state index contributed by atoms with van der Waals surface area (Å²) in [5.74, 6) is -8.98. The molecule has 1 fully saturated rings. The van der Waals surface area contributed by atoms with Crippen LogP contribution in [-0.2, 0) is 23.9 Å². The molecule has 1 aliphatic carbocycles. The Kier molecular flexibility index (Phi) is 7.96. The lowest BCUT2D eigenvalue weighted by molar-refractivity contribution is -0.314. The van der Waals surface area contributed by atoms with Crippen molar-refractivity contribution in [3.63, 3.8) is 0 Å². The molecular weight excluding hydrogens is 508 g/mol. The van der Waals surface area contributed by atoms with Crippen molar-refractivity contribution in [3.8, 4) is 23.0 Å². The van der Waals surface area contributed by atoms with Gasteiger partial charge in [0.25, 0.3) is 5.79 Å². The number of hydrogen-bond donors (Lipinski definition) is 8. The molecule has 0 amide bonds. The average molecular weight is 532 g/mol. The Hall–Kier alpha value is -4.59. The predicted molar refractivity (Wildman–Crippen MR) is 126 cm³/mol. The van der Waals surface area contributed by atoms with Gasteiger partial charge in [0.05, 0.1) is 0 Å². The van der Waals surface area contributed by atoms with Crippen molar-refractivity contribution in [1.29, 1.82) is 0 Å². The Morgan fingerprint density at radius 2 is 1.29 bits per heavy atom. The van der Waals surface area contributed by atoms with Crippen molar-refractivity contribution < 1.29 is 64.7 Å². The van der Waals surface area contributed by atoms with Gasteiger partial charge in [0.1, 0.15) is 6.10 Å². The number of phenols is 4. The zero-order chi connectivity index (χ0) is 28.3. The summed E-state index contributed by atoms with van der Waals surface area (Å²) in [5, 5.41) is 79.0. The first-order valence-electron chi connectivity index (χ1n) is 10.9. The highest BCUT2D eigenvalue weighted by atomic mass is 16.7. The summed E-state index contributed by atoms with van der Waals surface area (Å²) < 4.78 is 10.0. The first-order chi connectivity index (χ1) is 17.7. The Bertz CT molecular complexity index is 1300. The normalized spacial score (nSPS) is 25.3. The van der Waals surface area contributed by atoms with Gasteiger partial charge in [0.15, 0.2) is 34.7 Å². The van der Waals surface area contributed by atoms with Gasteiger partial charge in [-0.05, 0) is 47.5 Å². The summed E-state index contributed by atoms with van der Waals surface area (Å²) in [6, 6.07) is 7.20. The van der Waals surface area contributed by atoms with Crippen LogP contribution in [0.4, 0.5) is 0 Å². The second kappa shape index (κ2) is 10.8. The van der Waals surface area contributed by atoms with Crippen molar-refractivity contribution in [2.24, 2.45) is 0 Å². The lowest BCUT2D eigenvalue weighted by Gasteiger charge is -2.45. The molecule has 4 atom stereocenters. The smallest absolute Gasteiger partial charge is 0.335 e. The number of aliphatic carboxylic acids is 1. The largest absolute Gasteiger partial charge is 0.504 e. The first kappa shape index (κ1) is 28.0. The van der Waals surface area contributed by atoms with Crippen LogP contribution in [0.3, 0.4) is 0 Å². The van der Waals surface area contributed by atoms with Gasteiger partial charge in [-0.1, -0.05) is 12.1 Å². The van der Waals surface area contributed by atoms with E-state index in [1.807, 2.05) is 0 Å². The number of carboxylic acid groups (broad SMARTS) is 1. The molecule has 1 aliphatic rings. The van der Waals surface area contributed by atoms with Crippen LogP contribution in [-0.4, -0.2) is 82.4 Å². The number of esters is 2. The fourth-order valence-electron chi connectivity index (χ4n) is 3.64. The summed E-state index contributed by atoms with van der Waals surface area (Å²) >= 11 is 0. The molecule has 2 aromatic rings. The van der Waals surface area contributed by atoms with Crippen LogP contribution in [0.25, 0.3) is 12.2 Å². The maximum absolute atomic E-state index is 12.4. The first-order valence-corrected chi connectivity index (χ1v) is 10.9. The standard InChI is InChI=1S/C25H24O13/c26-15-5-1-13(9-17(15)28)3-7-21(31)37-20-12-24(35,23(33)34)11-19(30)25(20,36)38-22(32)8-4-14-2-6-16(27)18(29)10-14/h1-10,19-20,26-30,35-36H,11-12H2,(H,33,34). The maximum atomic E-state index is 12.4. The molecule has 3 rings (SSSR count). The Labute approximate surface area is 214 Å². The van der Waals surface area contributed by atoms with Gasteiger partial charge in [-0.2, -0.15) is 0 Å². The van der Waals surface area contributed by atoms with Gasteiger partial charge < -0.3 is 50.3 Å². The van der Waals surface area contributed by atoms with Crippen LogP contribution in [0.1, 0.15) is 24.0 Å². The molecule has 4 unspecified atom stereocenters. The lowest BCUT2D eigenvalue weighted by atomic mass is 9.77. The molecule has 0 saturated heterocycles. The highest BCUT2D eigenvalue weighted by Crippen LogP contribution is 2.39. The van der Waals surface area contributed by atoms with E-state index in [4.69, 9.17) is 9.47 Å². The van der Waals surface area contributed by atoms with Crippen LogP contribution in [0, 0.1) is 0 Å². The van der Waals surface area contributed by atoms with Crippen LogP contribution >= 0.6 is 0 Å². The number of phenolic OH excluding ortho intramolecular Hbond substituents is 4. The van der Waals surface area contributed by atoms with Gasteiger partial charge >= 0.3 is 17.9 Å². The number of carbonyl (C=O) groups excluding carboxylic acids is 2. The van der Waals surface area contributed by atoms with E-state index in [1.54, 1.807) is 0 Å². The molecule has 1 saturated carbocycles. The van der Waals surface area contributed by atoms with Gasteiger partial charge in [-0.3, -0.25) is 0 Å². The van der Waals surface area contributed by atoms with E-state index >= 15 is 0 Å². The zero-order valence-electron chi connectivity index (χ0n) is 19.5. The average Bonchev–Trinajstić information content (AvgIpc) is 2.84. The molecule has 0 heterocycles. The molecule has 0 radical (unpaired) electrons. The highest BCUT2D eigenvalue weighted by molar-refractivity contribution is 5.88. The Morgan fingerprint density at radius 1 is 0.789 bits per heavy atom. The molecule has 38 heavy (non-hydrogen) atoms. The van der Waals surface area contributed by atoms with E-state index in [0.29, 0.717) is 0 Å². The molecule has 0 aliphatic heterocycles. The third-order valence-corrected chi connectivity index (χ3v) is 5.74. The summed E-state index contributed by atoms with van der Waals surface area (Å²) in [5.41, 5.74) is -2.16. The van der Waals surface area contributed by atoms with Crippen LogP contribution in [0.5, 0.6) is 23.0 Å². The number of aliphatic hydroxyl groups excluding tert-OH is 1. The van der Waals surface area contributed by atoms with Crippen molar-refractivity contribution in [3.05, 3.63) is 59.7 Å². The fourth-order valence-corrected chi connectivity index (χ4v) is 3.64. The van der Waals surface area contributed by atoms with E-state index in [-0.39, 0.29) is 11.1 Å². The Balaban J connectivity index is 1.82. The Morgan fingerprint density at radius 3 is 1.76 bits per heavy atom. The minimum absolute atomic E-state index is 0.238. The SMILES string of the molecule is O=C(C=Cc1ccc(O)c(O)c1)OC1CC(O)(C(=O)O)CC(O)C1(O)OC(=O)C=Cc1ccc(O)c(O)c1. The topological polar surface area (TPSA) is 232 Å². The number of carboxylic acids is 1. The van der Waals surface area contributed by atoms with Crippen LogP contribution in [0.15, 0.2) is 48.6 Å². The van der Waals surface area contributed by atoms with E-state index in [2.05, 4.69) is 0 Å². The summed E-state index contributed by atoms with van der Waals surface area (Å²) in [7, 11) is 0. The number of hydrogen-bond acceptors (Lipinski definition) is 12. The maximum Gasteiger partial charge on any atom is 0.335 e. The van der Waals surface area contributed by atoms with E-state index < -0.39 is 77.3 Å². The van der Waals surface area contributed by atoms with Crippen molar-refractivity contribution >= 4 is 30.1 Å². The molecule has 2 aromatic carbocycles. The van der Waals surface area contributed by atoms with Gasteiger partial charge in [0.2, 0.25) is 0 Å². The molecular formula is C25H24O13. The number of rotatable bonds is 7. The van der Waals surface area contributed by atoms with E-state index in [9.17, 15) is 55.2 Å². The number of aliphatic hydroxyl groups is 3. The van der Waals surface area contributed by atoms with E-state index in [1.165, 1.54) is 12.1 Å². The van der Waals surface area contributed by atoms with E-state index in [0.717, 1.165) is 48.6 Å². The molecule has 0 aromatic heterocycles. The fraction of sp³-hybridized carbons (Fsp3) is 0.240. The summed E-state index contributed by atoms with van der Waals surface area (Å²) in [6.45, 7) is 0. The third kappa shape index (κ3) is 6.21. The lowest BCUT2D eigenvalue weighted by Crippen LogP contribution is -2.66. The zero-order valence-corrected chi connectivity index (χ0v) is 19.5. The quantitative estimate of drug-likeness (QED) is 0.104. The number of benzene rings is 2. The van der Waals surface area contributed by atoms with Crippen molar-refractivity contribution in [2.45, 2.75) is 36.4 Å². The minimum atomic E-state index is -2.97. The molecule has 202 valence electrons. The number of aromatic hydroxyl groups is 4. The molecule has 0 spiro atoms. The van der Waals surface area contributed by atoms with Gasteiger partial charge in [0, 0.05) is 25.0 Å². The minimum Gasteiger partial charge on any atom is -0.504 e. The summed E-state index contributed by atoms with van der Waals surface area (Å²) in [6.07, 6.45) is -2.32. The third-order valence-electron chi connectivity index (χ3n) is 5.74.